The fourth-order valence-corrected chi connectivity index (χ4v) is 2.18. The van der Waals surface area contributed by atoms with Gasteiger partial charge in [0.15, 0.2) is 6.29 Å². The summed E-state index contributed by atoms with van der Waals surface area (Å²) in [5.41, 5.74) is 2.26. The van der Waals surface area contributed by atoms with Gasteiger partial charge in [-0.2, -0.15) is 0 Å². The first-order chi connectivity index (χ1) is 9.72. The number of H-pyrrole nitrogens is 1. The Labute approximate surface area is 117 Å². The van der Waals surface area contributed by atoms with Gasteiger partial charge in [-0.05, 0) is 12.5 Å². The van der Waals surface area contributed by atoms with Crippen LogP contribution in [0.3, 0.4) is 0 Å². The van der Waals surface area contributed by atoms with Crippen molar-refractivity contribution >= 4 is 28.7 Å². The Morgan fingerprint density at radius 3 is 2.75 bits per heavy atom. The number of aromatic amines is 1. The van der Waals surface area contributed by atoms with Gasteiger partial charge in [-0.1, -0.05) is 37.6 Å². The maximum atomic E-state index is 11.9. The summed E-state index contributed by atoms with van der Waals surface area (Å²) in [5, 5.41) is 0.809. The molecule has 0 aliphatic rings. The lowest BCUT2D eigenvalue weighted by Gasteiger charge is -2.04. The third-order valence-electron chi connectivity index (χ3n) is 3.18. The molecule has 4 nitrogen and oxygen atoms in total. The maximum absolute atomic E-state index is 11.9. The van der Waals surface area contributed by atoms with Crippen LogP contribution in [0.25, 0.3) is 16.5 Å². The van der Waals surface area contributed by atoms with Crippen LogP contribution in [0.15, 0.2) is 30.3 Å². The highest BCUT2D eigenvalue weighted by atomic mass is 16.5. The molecule has 0 radical (unpaired) electrons. The third kappa shape index (κ3) is 2.50. The summed E-state index contributed by atoms with van der Waals surface area (Å²) >= 11 is 0. The molecule has 104 valence electrons. The Hall–Kier alpha value is -2.36. The molecule has 0 spiro atoms. The number of fused-ring (bicyclic) bond motifs is 1. The van der Waals surface area contributed by atoms with E-state index in [4.69, 9.17) is 4.74 Å². The van der Waals surface area contributed by atoms with Gasteiger partial charge in [0.25, 0.3) is 0 Å². The molecule has 0 bridgehead atoms. The van der Waals surface area contributed by atoms with Crippen molar-refractivity contribution in [2.24, 2.45) is 0 Å². The average Bonchev–Trinajstić information content (AvgIpc) is 2.85. The normalized spacial score (nSPS) is 11.6. The molecule has 0 saturated heterocycles. The minimum absolute atomic E-state index is 0.410. The lowest BCUT2D eigenvalue weighted by atomic mass is 10.0. The van der Waals surface area contributed by atoms with Gasteiger partial charge in [-0.15, -0.1) is 0 Å². The summed E-state index contributed by atoms with van der Waals surface area (Å²) in [6.45, 7) is 2.03. The number of esters is 1. The SMILES string of the molecule is CCC/C=C(\C(=O)OC)c1[nH]c2ccccc2c1C=O. The van der Waals surface area contributed by atoms with E-state index in [2.05, 4.69) is 4.98 Å². The van der Waals surface area contributed by atoms with Gasteiger partial charge in [0, 0.05) is 16.5 Å². The Balaban J connectivity index is 2.64. The molecule has 20 heavy (non-hydrogen) atoms. The lowest BCUT2D eigenvalue weighted by molar-refractivity contribution is -0.133. The number of para-hydroxylation sites is 1. The predicted octanol–water partition coefficient (Wildman–Crippen LogP) is 3.34. The van der Waals surface area contributed by atoms with Crippen LogP contribution in [-0.4, -0.2) is 24.3 Å². The number of methoxy groups -OCH3 is 1. The highest BCUT2D eigenvalue weighted by Gasteiger charge is 2.19. The van der Waals surface area contributed by atoms with Gasteiger partial charge in [-0.3, -0.25) is 4.79 Å². The van der Waals surface area contributed by atoms with Crippen molar-refractivity contribution in [1.82, 2.24) is 4.98 Å². The molecule has 0 unspecified atom stereocenters. The van der Waals surface area contributed by atoms with Crippen LogP contribution in [0.4, 0.5) is 0 Å². The number of nitrogens with one attached hydrogen (secondary N) is 1. The van der Waals surface area contributed by atoms with Crippen LogP contribution in [0.5, 0.6) is 0 Å². The number of allylic oxidation sites excluding steroid dienone is 1. The number of hydrogen-bond donors (Lipinski definition) is 1. The second kappa shape index (κ2) is 6.19. The van der Waals surface area contributed by atoms with Crippen molar-refractivity contribution in [2.45, 2.75) is 19.8 Å². The van der Waals surface area contributed by atoms with Crippen LogP contribution in [-0.2, 0) is 9.53 Å². The summed E-state index contributed by atoms with van der Waals surface area (Å²) in [6.07, 6.45) is 4.25. The predicted molar refractivity (Wildman–Crippen MR) is 78.6 cm³/mol. The molecule has 1 aromatic heterocycles. The number of aromatic nitrogens is 1. The zero-order valence-electron chi connectivity index (χ0n) is 11.6. The van der Waals surface area contributed by atoms with E-state index in [0.29, 0.717) is 16.8 Å². The van der Waals surface area contributed by atoms with Gasteiger partial charge in [0.2, 0.25) is 0 Å². The summed E-state index contributed by atoms with van der Waals surface area (Å²) < 4.78 is 4.82. The smallest absolute Gasteiger partial charge is 0.339 e. The van der Waals surface area contributed by atoms with Crippen molar-refractivity contribution in [3.8, 4) is 0 Å². The minimum Gasteiger partial charge on any atom is -0.465 e. The van der Waals surface area contributed by atoms with E-state index in [1.807, 2.05) is 37.3 Å². The van der Waals surface area contributed by atoms with Gasteiger partial charge in [0.05, 0.1) is 18.4 Å². The number of hydrogen-bond acceptors (Lipinski definition) is 3. The molecular formula is C16H17NO3. The van der Waals surface area contributed by atoms with E-state index in [1.165, 1.54) is 7.11 Å². The van der Waals surface area contributed by atoms with Gasteiger partial charge >= 0.3 is 5.97 Å². The Kier molecular flexibility index (Phi) is 4.35. The summed E-state index contributed by atoms with van der Waals surface area (Å²) in [6, 6.07) is 7.47. The standard InChI is InChI=1S/C16H17NO3/c1-3-4-7-12(16(19)20-2)15-13(10-18)11-8-5-6-9-14(11)17-15/h5-10,17H,3-4H2,1-2H3/b12-7-. The quantitative estimate of drug-likeness (QED) is 0.515. The van der Waals surface area contributed by atoms with Crippen LogP contribution >= 0.6 is 0 Å². The first kappa shape index (κ1) is 14.1. The van der Waals surface area contributed by atoms with Crippen molar-refractivity contribution in [1.29, 1.82) is 0 Å². The van der Waals surface area contributed by atoms with Gasteiger partial charge in [0.1, 0.15) is 0 Å². The number of rotatable bonds is 5. The summed E-state index contributed by atoms with van der Waals surface area (Å²) in [4.78, 5) is 26.5. The Morgan fingerprint density at radius 2 is 2.10 bits per heavy atom. The zero-order valence-corrected chi connectivity index (χ0v) is 11.6. The summed E-state index contributed by atoms with van der Waals surface area (Å²) in [7, 11) is 1.34. The number of aldehydes is 1. The van der Waals surface area contributed by atoms with E-state index in [-0.39, 0.29) is 0 Å². The Morgan fingerprint density at radius 1 is 1.35 bits per heavy atom. The fourth-order valence-electron chi connectivity index (χ4n) is 2.18. The molecule has 2 aromatic rings. The molecule has 0 amide bonds. The van der Waals surface area contributed by atoms with Crippen molar-refractivity contribution in [3.05, 3.63) is 41.6 Å². The molecule has 4 heteroatoms. The molecule has 0 saturated carbocycles. The first-order valence-corrected chi connectivity index (χ1v) is 6.57. The number of benzene rings is 1. The number of carbonyl (C=O) groups is 2. The molecule has 0 fully saturated rings. The second-order valence-electron chi connectivity index (χ2n) is 4.48. The molecule has 1 aromatic carbocycles. The van der Waals surface area contributed by atoms with E-state index in [1.54, 1.807) is 0 Å². The molecule has 1 N–H and O–H groups in total. The topological polar surface area (TPSA) is 59.2 Å². The van der Waals surface area contributed by atoms with Crippen LogP contribution in [0.1, 0.15) is 35.8 Å². The molecule has 0 atom stereocenters. The number of unbranched alkanes of at least 4 members (excludes halogenated alkanes) is 1. The van der Waals surface area contributed by atoms with Crippen LogP contribution in [0.2, 0.25) is 0 Å². The van der Waals surface area contributed by atoms with Crippen molar-refractivity contribution in [3.63, 3.8) is 0 Å². The first-order valence-electron chi connectivity index (χ1n) is 6.57. The molecular weight excluding hydrogens is 254 g/mol. The lowest BCUT2D eigenvalue weighted by Crippen LogP contribution is -2.06. The van der Waals surface area contributed by atoms with Gasteiger partial charge < -0.3 is 9.72 Å². The van der Waals surface area contributed by atoms with Crippen LogP contribution in [0, 0.1) is 0 Å². The zero-order chi connectivity index (χ0) is 14.5. The monoisotopic (exact) mass is 271 g/mol. The molecule has 0 aliphatic carbocycles. The minimum atomic E-state index is -0.437. The largest absolute Gasteiger partial charge is 0.465 e. The molecule has 0 aliphatic heterocycles. The molecule has 1 heterocycles. The number of carbonyl (C=O) groups excluding carboxylic acids is 2. The third-order valence-corrected chi connectivity index (χ3v) is 3.18. The highest BCUT2D eigenvalue weighted by molar-refractivity contribution is 6.19. The van der Waals surface area contributed by atoms with Gasteiger partial charge in [-0.25, -0.2) is 4.79 Å². The molecule has 2 rings (SSSR count). The summed E-state index contributed by atoms with van der Waals surface area (Å²) in [5.74, 6) is -0.437. The van der Waals surface area contributed by atoms with E-state index in [0.717, 1.165) is 30.0 Å². The number of ether oxygens (including phenoxy) is 1. The van der Waals surface area contributed by atoms with E-state index in [9.17, 15) is 9.59 Å². The Bertz CT molecular complexity index is 667. The van der Waals surface area contributed by atoms with Crippen molar-refractivity contribution in [2.75, 3.05) is 7.11 Å². The van der Waals surface area contributed by atoms with E-state index < -0.39 is 5.97 Å². The average molecular weight is 271 g/mol. The maximum Gasteiger partial charge on any atom is 0.339 e. The van der Waals surface area contributed by atoms with E-state index >= 15 is 0 Å². The van der Waals surface area contributed by atoms with Crippen LogP contribution < -0.4 is 0 Å². The van der Waals surface area contributed by atoms with Crippen molar-refractivity contribution < 1.29 is 14.3 Å². The fraction of sp³-hybridized carbons (Fsp3) is 0.250. The second-order valence-corrected chi connectivity index (χ2v) is 4.48. The highest BCUT2D eigenvalue weighted by Crippen LogP contribution is 2.27.